The largest absolute Gasteiger partial charge is 0.456 e. The Hall–Kier alpha value is -0.950. The van der Waals surface area contributed by atoms with Crippen LogP contribution in [0.5, 0.6) is 0 Å². The van der Waals surface area contributed by atoms with E-state index < -0.39 is 29.8 Å². The fourth-order valence-corrected chi connectivity index (χ4v) is 2.68. The minimum Gasteiger partial charge on any atom is -0.456 e. The minimum atomic E-state index is -0.769. The zero-order chi connectivity index (χ0) is 16.7. The fraction of sp³-hybridized carbons (Fsp3) is 0.812. The first-order valence-electron chi connectivity index (χ1n) is 7.55. The van der Waals surface area contributed by atoms with Gasteiger partial charge in [-0.3, -0.25) is 0 Å². The second-order valence-electron chi connectivity index (χ2n) is 6.82. The van der Waals surface area contributed by atoms with Gasteiger partial charge in [-0.15, -0.1) is 0 Å². The third-order valence-electron chi connectivity index (χ3n) is 3.66. The summed E-state index contributed by atoms with van der Waals surface area (Å²) in [6.07, 6.45) is -1.55. The third-order valence-corrected chi connectivity index (χ3v) is 3.66. The van der Waals surface area contributed by atoms with Crippen molar-refractivity contribution in [1.29, 1.82) is 0 Å². The molecule has 0 spiro atoms. The van der Waals surface area contributed by atoms with Gasteiger partial charge in [0.15, 0.2) is 11.6 Å². The van der Waals surface area contributed by atoms with E-state index in [4.69, 9.17) is 23.7 Å². The lowest BCUT2D eigenvalue weighted by atomic mass is 10.0. The van der Waals surface area contributed by atoms with Gasteiger partial charge in [0, 0.05) is 5.57 Å². The van der Waals surface area contributed by atoms with Crippen LogP contribution in [0.1, 0.15) is 41.5 Å². The predicted octanol–water partition coefficient (Wildman–Crippen LogP) is 2.17. The van der Waals surface area contributed by atoms with Crippen LogP contribution in [0.3, 0.4) is 0 Å². The topological polar surface area (TPSA) is 63.2 Å². The Morgan fingerprint density at radius 3 is 2.32 bits per heavy atom. The molecule has 4 unspecified atom stereocenters. The number of carbonyl (C=O) groups is 1. The first kappa shape index (κ1) is 17.4. The van der Waals surface area contributed by atoms with Gasteiger partial charge in [0.2, 0.25) is 0 Å². The van der Waals surface area contributed by atoms with Crippen molar-refractivity contribution in [2.45, 2.75) is 77.5 Å². The normalized spacial score (nSPS) is 34.4. The minimum absolute atomic E-state index is 0.271. The summed E-state index contributed by atoms with van der Waals surface area (Å²) in [5.74, 6) is -1.86. The molecule has 0 aromatic carbocycles. The fourth-order valence-electron chi connectivity index (χ4n) is 2.68. The summed E-state index contributed by atoms with van der Waals surface area (Å²) < 4.78 is 28.7. The van der Waals surface area contributed by atoms with E-state index in [0.29, 0.717) is 12.2 Å². The van der Waals surface area contributed by atoms with Gasteiger partial charge in [0.05, 0.1) is 6.61 Å². The zero-order valence-corrected chi connectivity index (χ0v) is 14.2. The number of hydrogen-bond acceptors (Lipinski definition) is 6. The highest BCUT2D eigenvalue weighted by molar-refractivity contribution is 5.87. The molecule has 6 heteroatoms. The number of ether oxygens (including phenoxy) is 5. The monoisotopic (exact) mass is 314 g/mol. The number of hydrogen-bond donors (Lipinski definition) is 0. The summed E-state index contributed by atoms with van der Waals surface area (Å²) in [5, 5.41) is 0. The van der Waals surface area contributed by atoms with Crippen LogP contribution in [0.2, 0.25) is 0 Å². The first-order valence-corrected chi connectivity index (χ1v) is 7.55. The highest BCUT2D eigenvalue weighted by atomic mass is 16.8. The Balaban J connectivity index is 2.10. The van der Waals surface area contributed by atoms with Crippen LogP contribution in [-0.4, -0.2) is 48.6 Å². The molecule has 0 amide bonds. The molecule has 0 aliphatic carbocycles. The second kappa shape index (κ2) is 5.92. The van der Waals surface area contributed by atoms with E-state index in [-0.39, 0.29) is 12.2 Å². The van der Waals surface area contributed by atoms with Gasteiger partial charge in [-0.25, -0.2) is 4.79 Å². The smallest absolute Gasteiger partial charge is 0.333 e. The van der Waals surface area contributed by atoms with Crippen molar-refractivity contribution in [3.05, 3.63) is 12.2 Å². The highest BCUT2D eigenvalue weighted by Gasteiger charge is 2.52. The Morgan fingerprint density at radius 2 is 1.82 bits per heavy atom. The molecule has 0 bridgehead atoms. The summed E-state index contributed by atoms with van der Waals surface area (Å²) in [6.45, 7) is 14.8. The molecule has 2 heterocycles. The van der Waals surface area contributed by atoms with Crippen molar-refractivity contribution in [3.8, 4) is 0 Å². The van der Waals surface area contributed by atoms with Gasteiger partial charge in [0.25, 0.3) is 0 Å². The molecule has 2 fully saturated rings. The average molecular weight is 314 g/mol. The van der Waals surface area contributed by atoms with Crippen LogP contribution in [0, 0.1) is 0 Å². The average Bonchev–Trinajstić information content (AvgIpc) is 2.88. The van der Waals surface area contributed by atoms with Crippen LogP contribution in [0.25, 0.3) is 0 Å². The molecular weight excluding hydrogens is 288 g/mol. The third kappa shape index (κ3) is 3.87. The van der Waals surface area contributed by atoms with Crippen LogP contribution >= 0.6 is 0 Å². The second-order valence-corrected chi connectivity index (χ2v) is 6.82. The summed E-state index contributed by atoms with van der Waals surface area (Å²) in [6, 6.07) is 0. The molecule has 0 aromatic heterocycles. The van der Waals surface area contributed by atoms with Crippen molar-refractivity contribution in [3.63, 3.8) is 0 Å². The quantitative estimate of drug-likeness (QED) is 0.585. The van der Waals surface area contributed by atoms with Gasteiger partial charge in [-0.05, 0) is 41.5 Å². The maximum atomic E-state index is 11.7. The summed E-state index contributed by atoms with van der Waals surface area (Å²) in [4.78, 5) is 11.7. The summed E-state index contributed by atoms with van der Waals surface area (Å²) in [5.41, 5.74) is 0.350. The van der Waals surface area contributed by atoms with E-state index in [1.807, 2.05) is 27.7 Å². The van der Waals surface area contributed by atoms with Gasteiger partial charge >= 0.3 is 5.97 Å². The van der Waals surface area contributed by atoms with Crippen molar-refractivity contribution < 1.29 is 28.5 Å². The van der Waals surface area contributed by atoms with Crippen LogP contribution in [0.15, 0.2) is 12.2 Å². The molecule has 2 rings (SSSR count). The number of carbonyl (C=O) groups excluding carboxylic acids is 1. The van der Waals surface area contributed by atoms with Crippen molar-refractivity contribution in [2.24, 2.45) is 0 Å². The number of esters is 1. The van der Waals surface area contributed by atoms with Crippen LogP contribution < -0.4 is 0 Å². The molecular formula is C16H26O6. The molecule has 2 aliphatic heterocycles. The molecule has 0 radical (unpaired) electrons. The molecule has 0 aromatic rings. The molecule has 2 saturated heterocycles. The van der Waals surface area contributed by atoms with Gasteiger partial charge in [-0.2, -0.15) is 0 Å². The van der Waals surface area contributed by atoms with Crippen molar-refractivity contribution >= 4 is 5.97 Å². The molecule has 0 saturated carbocycles. The summed E-state index contributed by atoms with van der Waals surface area (Å²) in [7, 11) is 0. The first-order chi connectivity index (χ1) is 10.0. The maximum Gasteiger partial charge on any atom is 0.333 e. The van der Waals surface area contributed by atoms with Crippen LogP contribution in [0.4, 0.5) is 0 Å². The van der Waals surface area contributed by atoms with E-state index in [0.717, 1.165) is 0 Å². The van der Waals surface area contributed by atoms with E-state index in [9.17, 15) is 4.79 Å². The van der Waals surface area contributed by atoms with E-state index in [1.165, 1.54) is 0 Å². The van der Waals surface area contributed by atoms with Gasteiger partial charge < -0.3 is 23.7 Å². The standard InChI is InChI=1S/C16H26O6/c1-9(2)14(17)19-10(3)12-13(22-16(6,7)21-12)11-8-18-15(4,5)20-11/h10-13H,1,8H2,2-7H3. The predicted molar refractivity (Wildman–Crippen MR) is 79.1 cm³/mol. The number of rotatable bonds is 4. The SMILES string of the molecule is C=C(C)C(=O)OC(C)C1OC(C)(C)OC1C1COC(C)(C)O1. The Bertz CT molecular complexity index is 456. The summed E-state index contributed by atoms with van der Waals surface area (Å²) >= 11 is 0. The lowest BCUT2D eigenvalue weighted by molar-refractivity contribution is -0.176. The van der Waals surface area contributed by atoms with Crippen molar-refractivity contribution in [2.75, 3.05) is 6.61 Å². The highest BCUT2D eigenvalue weighted by Crippen LogP contribution is 2.37. The Labute approximate surface area is 131 Å². The van der Waals surface area contributed by atoms with E-state index >= 15 is 0 Å². The Morgan fingerprint density at radius 1 is 1.18 bits per heavy atom. The van der Waals surface area contributed by atoms with Crippen LogP contribution in [-0.2, 0) is 28.5 Å². The Kier molecular flexibility index (Phi) is 4.69. The molecule has 2 aliphatic rings. The lowest BCUT2D eigenvalue weighted by Crippen LogP contribution is -2.44. The molecule has 126 valence electrons. The van der Waals surface area contributed by atoms with E-state index in [1.54, 1.807) is 13.8 Å². The van der Waals surface area contributed by atoms with Gasteiger partial charge in [0.1, 0.15) is 24.4 Å². The van der Waals surface area contributed by atoms with E-state index in [2.05, 4.69) is 6.58 Å². The van der Waals surface area contributed by atoms with Crippen molar-refractivity contribution in [1.82, 2.24) is 0 Å². The molecule has 6 nitrogen and oxygen atoms in total. The maximum absolute atomic E-state index is 11.7. The molecule has 0 N–H and O–H groups in total. The molecule has 22 heavy (non-hydrogen) atoms. The lowest BCUT2D eigenvalue weighted by Gasteiger charge is -2.27. The zero-order valence-electron chi connectivity index (χ0n) is 14.2. The van der Waals surface area contributed by atoms with Gasteiger partial charge in [-0.1, -0.05) is 6.58 Å². The molecule has 4 atom stereocenters.